The second-order valence-electron chi connectivity index (χ2n) is 4.74. The SMILES string of the molecule is S=c1[nH]nc(CC2CCCCO2)n1C1CC1. The quantitative estimate of drug-likeness (QED) is 0.824. The highest BCUT2D eigenvalue weighted by molar-refractivity contribution is 7.71. The summed E-state index contributed by atoms with van der Waals surface area (Å²) in [6.45, 7) is 0.902. The van der Waals surface area contributed by atoms with Crippen molar-refractivity contribution in [3.63, 3.8) is 0 Å². The van der Waals surface area contributed by atoms with E-state index in [0.717, 1.165) is 30.0 Å². The maximum absolute atomic E-state index is 5.75. The van der Waals surface area contributed by atoms with Gasteiger partial charge in [0.05, 0.1) is 6.10 Å². The molecule has 2 aliphatic rings. The maximum atomic E-state index is 5.75. The van der Waals surface area contributed by atoms with Gasteiger partial charge >= 0.3 is 0 Å². The van der Waals surface area contributed by atoms with Crippen LogP contribution in [0.2, 0.25) is 0 Å². The van der Waals surface area contributed by atoms with Crippen LogP contribution in [0.15, 0.2) is 0 Å². The fourth-order valence-electron chi connectivity index (χ4n) is 2.36. The summed E-state index contributed by atoms with van der Waals surface area (Å²) in [5.74, 6) is 1.08. The second kappa shape index (κ2) is 4.30. The van der Waals surface area contributed by atoms with E-state index in [9.17, 15) is 0 Å². The van der Waals surface area contributed by atoms with Gasteiger partial charge in [0.15, 0.2) is 4.77 Å². The molecule has 3 rings (SSSR count). The molecule has 16 heavy (non-hydrogen) atoms. The zero-order valence-corrected chi connectivity index (χ0v) is 10.1. The Hall–Kier alpha value is -0.680. The number of nitrogens with one attached hydrogen (secondary N) is 1. The first-order valence-corrected chi connectivity index (χ1v) is 6.53. The van der Waals surface area contributed by atoms with Gasteiger partial charge in [-0.25, -0.2) is 0 Å². The summed E-state index contributed by atoms with van der Waals surface area (Å²) in [6.07, 6.45) is 7.37. The highest BCUT2D eigenvalue weighted by atomic mass is 32.1. The van der Waals surface area contributed by atoms with E-state index < -0.39 is 0 Å². The van der Waals surface area contributed by atoms with Gasteiger partial charge in [0.25, 0.3) is 0 Å². The molecule has 88 valence electrons. The Morgan fingerprint density at radius 1 is 1.38 bits per heavy atom. The highest BCUT2D eigenvalue weighted by Crippen LogP contribution is 2.36. The molecule has 1 aromatic heterocycles. The molecule has 0 aromatic carbocycles. The van der Waals surface area contributed by atoms with Crippen LogP contribution in [0.3, 0.4) is 0 Å². The average Bonchev–Trinajstić information content (AvgIpc) is 3.07. The van der Waals surface area contributed by atoms with Crippen LogP contribution in [0.4, 0.5) is 0 Å². The van der Waals surface area contributed by atoms with Gasteiger partial charge in [-0.15, -0.1) is 0 Å². The lowest BCUT2D eigenvalue weighted by molar-refractivity contribution is 0.0151. The van der Waals surface area contributed by atoms with Crippen molar-refractivity contribution >= 4 is 12.2 Å². The monoisotopic (exact) mass is 239 g/mol. The van der Waals surface area contributed by atoms with Gasteiger partial charge in [-0.1, -0.05) is 0 Å². The van der Waals surface area contributed by atoms with E-state index in [4.69, 9.17) is 17.0 Å². The smallest absolute Gasteiger partial charge is 0.195 e. The van der Waals surface area contributed by atoms with Gasteiger partial charge in [-0.2, -0.15) is 5.10 Å². The zero-order valence-electron chi connectivity index (χ0n) is 9.32. The van der Waals surface area contributed by atoms with Gasteiger partial charge < -0.3 is 9.30 Å². The van der Waals surface area contributed by atoms with Crippen molar-refractivity contribution in [1.29, 1.82) is 0 Å². The highest BCUT2D eigenvalue weighted by Gasteiger charge is 2.28. The van der Waals surface area contributed by atoms with Crippen LogP contribution >= 0.6 is 12.2 Å². The van der Waals surface area contributed by atoms with Gasteiger partial charge in [-0.3, -0.25) is 5.10 Å². The third kappa shape index (κ3) is 2.06. The van der Waals surface area contributed by atoms with Gasteiger partial charge in [0.1, 0.15) is 5.82 Å². The normalized spacial score (nSPS) is 25.9. The van der Waals surface area contributed by atoms with E-state index >= 15 is 0 Å². The molecule has 4 nitrogen and oxygen atoms in total. The maximum Gasteiger partial charge on any atom is 0.195 e. The fourth-order valence-corrected chi connectivity index (χ4v) is 2.66. The number of hydrogen-bond acceptors (Lipinski definition) is 3. The van der Waals surface area contributed by atoms with Crippen LogP contribution in [0, 0.1) is 4.77 Å². The number of H-pyrrole nitrogens is 1. The topological polar surface area (TPSA) is 42.8 Å². The van der Waals surface area contributed by atoms with Crippen LogP contribution in [0.1, 0.15) is 44.0 Å². The molecule has 1 unspecified atom stereocenters. The number of aromatic nitrogens is 3. The number of aromatic amines is 1. The molecule has 0 amide bonds. The number of ether oxygens (including phenoxy) is 1. The number of hydrogen-bond donors (Lipinski definition) is 1. The molecule has 1 N–H and O–H groups in total. The molecule has 1 aliphatic carbocycles. The molecule has 1 aliphatic heterocycles. The van der Waals surface area contributed by atoms with Gasteiger partial charge in [0.2, 0.25) is 0 Å². The minimum Gasteiger partial charge on any atom is -0.378 e. The number of rotatable bonds is 3. The number of nitrogens with zero attached hydrogens (tertiary/aromatic N) is 2. The first-order valence-electron chi connectivity index (χ1n) is 6.12. The molecule has 0 bridgehead atoms. The van der Waals surface area contributed by atoms with E-state index in [1.807, 2.05) is 0 Å². The van der Waals surface area contributed by atoms with Gasteiger partial charge in [0, 0.05) is 19.1 Å². The minimum absolute atomic E-state index is 0.344. The van der Waals surface area contributed by atoms with Crippen molar-refractivity contribution < 1.29 is 4.74 Å². The molecule has 2 fully saturated rings. The second-order valence-corrected chi connectivity index (χ2v) is 5.13. The summed E-state index contributed by atoms with van der Waals surface area (Å²) in [5.41, 5.74) is 0. The Morgan fingerprint density at radius 3 is 2.94 bits per heavy atom. The summed E-state index contributed by atoms with van der Waals surface area (Å²) in [7, 11) is 0. The molecular weight excluding hydrogens is 222 g/mol. The lowest BCUT2D eigenvalue weighted by Crippen LogP contribution is -2.23. The molecule has 1 aromatic rings. The van der Waals surface area contributed by atoms with Crippen LogP contribution in [-0.2, 0) is 11.2 Å². The Labute approximate surface area is 100 Å². The summed E-state index contributed by atoms with van der Waals surface area (Å²) in [5, 5.41) is 7.25. The molecule has 1 saturated heterocycles. The third-order valence-electron chi connectivity index (χ3n) is 3.37. The average molecular weight is 239 g/mol. The molecule has 1 atom stereocenters. The van der Waals surface area contributed by atoms with Gasteiger partial charge in [-0.05, 0) is 44.3 Å². The predicted octanol–water partition coefficient (Wildman–Crippen LogP) is 2.39. The van der Waals surface area contributed by atoms with E-state index in [2.05, 4.69) is 14.8 Å². The van der Waals surface area contributed by atoms with Crippen LogP contribution < -0.4 is 0 Å². The van der Waals surface area contributed by atoms with E-state index in [1.165, 1.54) is 25.7 Å². The predicted molar refractivity (Wildman–Crippen MR) is 63.0 cm³/mol. The van der Waals surface area contributed by atoms with Crippen molar-refractivity contribution in [2.75, 3.05) is 6.61 Å². The van der Waals surface area contributed by atoms with E-state index in [-0.39, 0.29) is 0 Å². The van der Waals surface area contributed by atoms with E-state index in [0.29, 0.717) is 12.1 Å². The third-order valence-corrected chi connectivity index (χ3v) is 3.66. The standard InChI is InChI=1S/C11H17N3OS/c16-11-13-12-10(14(11)8-4-5-8)7-9-3-1-2-6-15-9/h8-9H,1-7H2,(H,13,16). The Morgan fingerprint density at radius 2 is 2.25 bits per heavy atom. The van der Waals surface area contributed by atoms with Crippen LogP contribution in [0.5, 0.6) is 0 Å². The lowest BCUT2D eigenvalue weighted by atomic mass is 10.1. The zero-order chi connectivity index (χ0) is 11.0. The van der Waals surface area contributed by atoms with Crippen molar-refractivity contribution in [2.24, 2.45) is 0 Å². The Bertz CT molecular complexity index is 415. The van der Waals surface area contributed by atoms with Crippen LogP contribution in [-0.4, -0.2) is 27.5 Å². The molecule has 0 spiro atoms. The molecule has 1 saturated carbocycles. The van der Waals surface area contributed by atoms with Crippen molar-refractivity contribution in [2.45, 2.75) is 50.7 Å². The minimum atomic E-state index is 0.344. The Kier molecular flexibility index (Phi) is 2.81. The summed E-state index contributed by atoms with van der Waals surface area (Å²) >= 11 is 5.26. The first kappa shape index (κ1) is 10.5. The Balaban J connectivity index is 1.75. The largest absolute Gasteiger partial charge is 0.378 e. The van der Waals surface area contributed by atoms with Crippen molar-refractivity contribution in [1.82, 2.24) is 14.8 Å². The molecular formula is C11H17N3OS. The lowest BCUT2D eigenvalue weighted by Gasteiger charge is -2.22. The van der Waals surface area contributed by atoms with E-state index in [1.54, 1.807) is 0 Å². The van der Waals surface area contributed by atoms with Crippen LogP contribution in [0.25, 0.3) is 0 Å². The summed E-state index contributed by atoms with van der Waals surface area (Å²) in [6, 6.07) is 0.602. The fraction of sp³-hybridized carbons (Fsp3) is 0.818. The van der Waals surface area contributed by atoms with Crippen molar-refractivity contribution in [3.8, 4) is 0 Å². The van der Waals surface area contributed by atoms with Crippen molar-refractivity contribution in [3.05, 3.63) is 10.6 Å². The summed E-state index contributed by atoms with van der Waals surface area (Å²) in [4.78, 5) is 0. The molecule has 0 radical (unpaired) electrons. The molecule has 5 heteroatoms. The first-order chi connectivity index (χ1) is 7.84. The summed E-state index contributed by atoms with van der Waals surface area (Å²) < 4.78 is 8.70. The molecule has 2 heterocycles.